The van der Waals surface area contributed by atoms with E-state index < -0.39 is 0 Å². The van der Waals surface area contributed by atoms with Crippen LogP contribution in [-0.2, 0) is 13.0 Å². The highest BCUT2D eigenvalue weighted by atomic mass is 19.1. The van der Waals surface area contributed by atoms with E-state index in [2.05, 4.69) is 25.8 Å². The van der Waals surface area contributed by atoms with Crippen LogP contribution in [0.25, 0.3) is 11.3 Å². The highest BCUT2D eigenvalue weighted by molar-refractivity contribution is 5.71. The molecule has 2 N–H and O–H groups in total. The molecule has 0 unspecified atom stereocenters. The second kappa shape index (κ2) is 6.07. The first-order valence-corrected chi connectivity index (χ1v) is 7.14. The van der Waals surface area contributed by atoms with Crippen LogP contribution in [0.2, 0.25) is 0 Å². The fraction of sp³-hybridized carbons (Fsp3) is 0.438. The number of imidazole rings is 1. The number of hydrogen-bond acceptors (Lipinski definition) is 2. The standard InChI is InChI=1S/C16H22FN3/c1-4-7-14-19-15(12-8-5-6-9-13(12)17)16(18)20(14)10-11(2)3/h5-6,8-9,11H,4,7,10,18H2,1-3H3. The minimum Gasteiger partial charge on any atom is -0.383 e. The van der Waals surface area contributed by atoms with Crippen LogP contribution in [0.1, 0.15) is 33.0 Å². The normalized spacial score (nSPS) is 11.2. The van der Waals surface area contributed by atoms with Crippen molar-refractivity contribution in [3.05, 3.63) is 35.9 Å². The molecule has 0 fully saturated rings. The van der Waals surface area contributed by atoms with E-state index in [0.29, 0.717) is 23.0 Å². The van der Waals surface area contributed by atoms with E-state index in [0.717, 1.165) is 25.2 Å². The van der Waals surface area contributed by atoms with Gasteiger partial charge in [0.2, 0.25) is 0 Å². The van der Waals surface area contributed by atoms with Gasteiger partial charge in [0.15, 0.2) is 0 Å². The molecule has 0 aliphatic rings. The van der Waals surface area contributed by atoms with Gasteiger partial charge < -0.3 is 10.3 Å². The zero-order valence-corrected chi connectivity index (χ0v) is 12.4. The fourth-order valence-corrected chi connectivity index (χ4v) is 2.35. The number of nitrogens with two attached hydrogens (primary N) is 1. The number of hydrogen-bond donors (Lipinski definition) is 1. The summed E-state index contributed by atoms with van der Waals surface area (Å²) in [6.07, 6.45) is 1.84. The average Bonchev–Trinajstić information content (AvgIpc) is 2.68. The van der Waals surface area contributed by atoms with Crippen molar-refractivity contribution in [2.24, 2.45) is 5.92 Å². The minimum atomic E-state index is -0.281. The lowest BCUT2D eigenvalue weighted by Crippen LogP contribution is -2.11. The Morgan fingerprint density at radius 1 is 1.30 bits per heavy atom. The van der Waals surface area contributed by atoms with Gasteiger partial charge in [0.25, 0.3) is 0 Å². The second-order valence-electron chi connectivity index (χ2n) is 5.50. The summed E-state index contributed by atoms with van der Waals surface area (Å²) in [6, 6.07) is 6.64. The molecule has 3 nitrogen and oxygen atoms in total. The fourth-order valence-electron chi connectivity index (χ4n) is 2.35. The number of aryl methyl sites for hydroxylation is 1. The molecular weight excluding hydrogens is 253 g/mol. The zero-order valence-electron chi connectivity index (χ0n) is 12.4. The van der Waals surface area contributed by atoms with Crippen LogP contribution < -0.4 is 5.73 Å². The van der Waals surface area contributed by atoms with E-state index in [1.165, 1.54) is 6.07 Å². The number of rotatable bonds is 5. The molecule has 1 heterocycles. The summed E-state index contributed by atoms with van der Waals surface area (Å²) in [5, 5.41) is 0. The van der Waals surface area contributed by atoms with E-state index in [1.807, 2.05) is 4.57 Å². The van der Waals surface area contributed by atoms with Gasteiger partial charge in [-0.2, -0.15) is 0 Å². The lowest BCUT2D eigenvalue weighted by atomic mass is 10.1. The van der Waals surface area contributed by atoms with Crippen LogP contribution in [0.3, 0.4) is 0 Å². The molecule has 2 aromatic rings. The molecule has 1 aromatic carbocycles. The molecule has 2 rings (SSSR count). The molecule has 1 aromatic heterocycles. The lowest BCUT2D eigenvalue weighted by Gasteiger charge is -2.12. The van der Waals surface area contributed by atoms with Gasteiger partial charge in [-0.3, -0.25) is 0 Å². The largest absolute Gasteiger partial charge is 0.383 e. The Morgan fingerprint density at radius 2 is 2.00 bits per heavy atom. The van der Waals surface area contributed by atoms with E-state index in [1.54, 1.807) is 18.2 Å². The van der Waals surface area contributed by atoms with Gasteiger partial charge in [0.05, 0.1) is 0 Å². The van der Waals surface area contributed by atoms with Crippen molar-refractivity contribution in [2.75, 3.05) is 5.73 Å². The zero-order chi connectivity index (χ0) is 14.7. The van der Waals surface area contributed by atoms with Crippen molar-refractivity contribution < 1.29 is 4.39 Å². The number of aromatic nitrogens is 2. The van der Waals surface area contributed by atoms with E-state index in [9.17, 15) is 4.39 Å². The summed E-state index contributed by atoms with van der Waals surface area (Å²) in [6.45, 7) is 7.19. The van der Waals surface area contributed by atoms with Gasteiger partial charge in [-0.1, -0.05) is 32.9 Å². The first kappa shape index (κ1) is 14.6. The topological polar surface area (TPSA) is 43.8 Å². The van der Waals surface area contributed by atoms with Crippen molar-refractivity contribution in [1.29, 1.82) is 0 Å². The summed E-state index contributed by atoms with van der Waals surface area (Å²) in [4.78, 5) is 4.58. The Kier molecular flexibility index (Phi) is 4.42. The molecule has 0 saturated heterocycles. The maximum Gasteiger partial charge on any atom is 0.132 e. The molecule has 0 radical (unpaired) electrons. The summed E-state index contributed by atoms with van der Waals surface area (Å²) in [5.74, 6) is 1.69. The molecule has 0 aliphatic carbocycles. The predicted octanol–water partition coefficient (Wildman–Crippen LogP) is 3.88. The third-order valence-electron chi connectivity index (χ3n) is 3.24. The van der Waals surface area contributed by atoms with Crippen molar-refractivity contribution in [3.63, 3.8) is 0 Å². The third-order valence-corrected chi connectivity index (χ3v) is 3.24. The molecule has 0 bridgehead atoms. The molecule has 0 amide bonds. The van der Waals surface area contributed by atoms with Gasteiger partial charge >= 0.3 is 0 Å². The van der Waals surface area contributed by atoms with Gasteiger partial charge in [-0.05, 0) is 24.5 Å². The second-order valence-corrected chi connectivity index (χ2v) is 5.50. The van der Waals surface area contributed by atoms with Crippen LogP contribution in [-0.4, -0.2) is 9.55 Å². The predicted molar refractivity (Wildman–Crippen MR) is 80.9 cm³/mol. The summed E-state index contributed by atoms with van der Waals surface area (Å²) >= 11 is 0. The van der Waals surface area contributed by atoms with Crippen molar-refractivity contribution in [2.45, 2.75) is 40.2 Å². The number of nitrogens with zero attached hydrogens (tertiary/aromatic N) is 2. The Hall–Kier alpha value is -1.84. The average molecular weight is 275 g/mol. The molecule has 0 atom stereocenters. The van der Waals surface area contributed by atoms with Crippen LogP contribution in [0, 0.1) is 11.7 Å². The number of nitrogen functional groups attached to an aromatic ring is 1. The van der Waals surface area contributed by atoms with Crippen LogP contribution in [0.5, 0.6) is 0 Å². The maximum absolute atomic E-state index is 13.9. The Morgan fingerprint density at radius 3 is 2.60 bits per heavy atom. The maximum atomic E-state index is 13.9. The monoisotopic (exact) mass is 275 g/mol. The van der Waals surface area contributed by atoms with E-state index in [-0.39, 0.29) is 5.82 Å². The van der Waals surface area contributed by atoms with Crippen LogP contribution in [0.15, 0.2) is 24.3 Å². The van der Waals surface area contributed by atoms with Crippen molar-refractivity contribution in [1.82, 2.24) is 9.55 Å². The van der Waals surface area contributed by atoms with Gasteiger partial charge in [-0.25, -0.2) is 9.37 Å². The van der Waals surface area contributed by atoms with Gasteiger partial charge in [0, 0.05) is 18.5 Å². The smallest absolute Gasteiger partial charge is 0.132 e. The highest BCUT2D eigenvalue weighted by Crippen LogP contribution is 2.29. The third kappa shape index (κ3) is 2.84. The Balaban J connectivity index is 2.52. The minimum absolute atomic E-state index is 0.281. The first-order chi connectivity index (χ1) is 9.54. The quantitative estimate of drug-likeness (QED) is 0.900. The van der Waals surface area contributed by atoms with E-state index >= 15 is 0 Å². The van der Waals surface area contributed by atoms with Crippen molar-refractivity contribution in [3.8, 4) is 11.3 Å². The molecule has 4 heteroatoms. The van der Waals surface area contributed by atoms with Gasteiger partial charge in [-0.15, -0.1) is 0 Å². The van der Waals surface area contributed by atoms with Gasteiger partial charge in [0.1, 0.15) is 23.2 Å². The summed E-state index contributed by atoms with van der Waals surface area (Å²) in [7, 11) is 0. The Labute approximate surface area is 119 Å². The number of halogens is 1. The summed E-state index contributed by atoms with van der Waals surface area (Å²) < 4.78 is 16.0. The number of benzene rings is 1. The molecule has 0 saturated carbocycles. The van der Waals surface area contributed by atoms with Crippen molar-refractivity contribution >= 4 is 5.82 Å². The molecule has 0 spiro atoms. The molecule has 20 heavy (non-hydrogen) atoms. The molecular formula is C16H22FN3. The first-order valence-electron chi connectivity index (χ1n) is 7.14. The number of anilines is 1. The molecule has 108 valence electrons. The Bertz CT molecular complexity index is 587. The van der Waals surface area contributed by atoms with Crippen LogP contribution in [0.4, 0.5) is 10.2 Å². The lowest BCUT2D eigenvalue weighted by molar-refractivity contribution is 0.510. The SMILES string of the molecule is CCCc1nc(-c2ccccc2F)c(N)n1CC(C)C. The highest BCUT2D eigenvalue weighted by Gasteiger charge is 2.18. The van der Waals surface area contributed by atoms with Crippen LogP contribution >= 0.6 is 0 Å². The van der Waals surface area contributed by atoms with E-state index in [4.69, 9.17) is 5.73 Å². The summed E-state index contributed by atoms with van der Waals surface area (Å²) in [5.41, 5.74) is 7.26. The molecule has 0 aliphatic heterocycles.